The molecule has 0 saturated heterocycles. The van der Waals surface area contributed by atoms with E-state index >= 15 is 0 Å². The zero-order valence-corrected chi connectivity index (χ0v) is 12.9. The van der Waals surface area contributed by atoms with Crippen LogP contribution < -0.4 is 4.74 Å². The fraction of sp³-hybridized carbons (Fsp3) is 0.0714. The summed E-state index contributed by atoms with van der Waals surface area (Å²) in [4.78, 5) is 15.4. The molecule has 0 spiro atoms. The molecule has 0 amide bonds. The molecule has 3 rings (SSSR count). The zero-order chi connectivity index (χ0) is 16.6. The molecule has 0 aliphatic heterocycles. The molecule has 2 heterocycles. The van der Waals surface area contributed by atoms with Gasteiger partial charge in [-0.2, -0.15) is 13.9 Å². The molecule has 118 valence electrons. The highest BCUT2D eigenvalue weighted by atomic mass is 79.9. The molecule has 0 unspecified atom stereocenters. The fourth-order valence-corrected chi connectivity index (χ4v) is 2.59. The minimum atomic E-state index is -2.97. The Kier molecular flexibility index (Phi) is 3.95. The molecule has 2 aromatic heterocycles. The fourth-order valence-electron chi connectivity index (χ4n) is 2.13. The number of ether oxygens (including phenoxy) is 1. The van der Waals surface area contributed by atoms with Crippen molar-refractivity contribution in [3.63, 3.8) is 0 Å². The van der Waals surface area contributed by atoms with Crippen molar-refractivity contribution in [1.82, 2.24) is 14.8 Å². The highest BCUT2D eigenvalue weighted by molar-refractivity contribution is 9.10. The molecule has 0 bridgehead atoms. The monoisotopic (exact) mass is 383 g/mol. The summed E-state index contributed by atoms with van der Waals surface area (Å²) in [7, 11) is 0. The summed E-state index contributed by atoms with van der Waals surface area (Å²) in [6.45, 7) is -2.97. The van der Waals surface area contributed by atoms with Gasteiger partial charge in [0.15, 0.2) is 11.3 Å². The molecule has 9 heteroatoms. The number of carboxylic acid groups (broad SMARTS) is 1. The van der Waals surface area contributed by atoms with Gasteiger partial charge in [-0.1, -0.05) is 15.9 Å². The van der Waals surface area contributed by atoms with Crippen LogP contribution in [0.1, 0.15) is 10.5 Å². The topological polar surface area (TPSA) is 77.2 Å². The average molecular weight is 384 g/mol. The van der Waals surface area contributed by atoms with E-state index in [0.717, 1.165) is 0 Å². The Labute approximate surface area is 136 Å². The molecule has 0 atom stereocenters. The van der Waals surface area contributed by atoms with Crippen LogP contribution in [0.4, 0.5) is 8.78 Å². The van der Waals surface area contributed by atoms with Gasteiger partial charge in [-0.25, -0.2) is 14.5 Å². The number of nitrogens with zero attached hydrogens (tertiary/aromatic N) is 3. The van der Waals surface area contributed by atoms with E-state index in [1.807, 2.05) is 0 Å². The van der Waals surface area contributed by atoms with Crippen molar-refractivity contribution in [3.05, 3.63) is 46.7 Å². The lowest BCUT2D eigenvalue weighted by molar-refractivity contribution is -0.0498. The first-order valence-corrected chi connectivity index (χ1v) is 7.08. The summed E-state index contributed by atoms with van der Waals surface area (Å²) < 4.78 is 30.9. The van der Waals surface area contributed by atoms with E-state index in [0.29, 0.717) is 21.2 Å². The van der Waals surface area contributed by atoms with Crippen LogP contribution >= 0.6 is 15.9 Å². The number of hydrogen-bond acceptors (Lipinski definition) is 4. The summed E-state index contributed by atoms with van der Waals surface area (Å²) in [5.41, 5.74) is 0.460. The van der Waals surface area contributed by atoms with Crippen LogP contribution in [0.25, 0.3) is 16.7 Å². The highest BCUT2D eigenvalue weighted by Crippen LogP contribution is 2.27. The first kappa shape index (κ1) is 15.3. The second-order valence-electron chi connectivity index (χ2n) is 4.46. The van der Waals surface area contributed by atoms with Crippen molar-refractivity contribution < 1.29 is 23.4 Å². The number of pyridine rings is 1. The van der Waals surface area contributed by atoms with Crippen molar-refractivity contribution in [1.29, 1.82) is 0 Å². The van der Waals surface area contributed by atoms with Gasteiger partial charge < -0.3 is 9.84 Å². The molecule has 23 heavy (non-hydrogen) atoms. The Morgan fingerprint density at radius 2 is 2.13 bits per heavy atom. The lowest BCUT2D eigenvalue weighted by Crippen LogP contribution is -2.05. The van der Waals surface area contributed by atoms with Crippen LogP contribution in [-0.4, -0.2) is 32.5 Å². The van der Waals surface area contributed by atoms with Crippen molar-refractivity contribution in [2.24, 2.45) is 0 Å². The second-order valence-corrected chi connectivity index (χ2v) is 5.38. The third kappa shape index (κ3) is 3.00. The van der Waals surface area contributed by atoms with E-state index in [2.05, 4.69) is 30.7 Å². The Hall–Kier alpha value is -2.55. The minimum Gasteiger partial charge on any atom is -0.476 e. The van der Waals surface area contributed by atoms with Gasteiger partial charge in [0.1, 0.15) is 5.75 Å². The van der Waals surface area contributed by atoms with Gasteiger partial charge in [0, 0.05) is 16.7 Å². The largest absolute Gasteiger partial charge is 0.476 e. The molecule has 1 N–H and O–H groups in total. The summed E-state index contributed by atoms with van der Waals surface area (Å²) in [6.07, 6.45) is 1.49. The third-order valence-corrected chi connectivity index (χ3v) is 3.43. The predicted molar refractivity (Wildman–Crippen MR) is 80.2 cm³/mol. The van der Waals surface area contributed by atoms with Crippen molar-refractivity contribution >= 4 is 32.9 Å². The first-order valence-electron chi connectivity index (χ1n) is 6.28. The summed E-state index contributed by atoms with van der Waals surface area (Å²) >= 11 is 3.20. The number of carbonyl (C=O) groups is 1. The van der Waals surface area contributed by atoms with Gasteiger partial charge in [-0.15, -0.1) is 0 Å². The number of hydrogen-bond donors (Lipinski definition) is 1. The zero-order valence-electron chi connectivity index (χ0n) is 11.3. The molecule has 1 aromatic carbocycles. The summed E-state index contributed by atoms with van der Waals surface area (Å²) in [5.74, 6) is -1.29. The molecular weight excluding hydrogens is 376 g/mol. The Bertz CT molecular complexity index is 898. The molecule has 0 fully saturated rings. The van der Waals surface area contributed by atoms with Crippen LogP contribution in [0, 0.1) is 0 Å². The van der Waals surface area contributed by atoms with E-state index < -0.39 is 12.6 Å². The Balaban J connectivity index is 2.21. The number of aromatic carboxylic acids is 1. The van der Waals surface area contributed by atoms with E-state index in [1.165, 1.54) is 23.0 Å². The number of benzene rings is 1. The van der Waals surface area contributed by atoms with Crippen LogP contribution in [0.3, 0.4) is 0 Å². The lowest BCUT2D eigenvalue weighted by atomic mass is 10.2. The normalized spacial score (nSPS) is 11.1. The SMILES string of the molecule is O=C(O)c1nn(-c2cc(Br)cc(OC(F)F)c2)c2ncccc12. The lowest BCUT2D eigenvalue weighted by Gasteiger charge is -2.08. The van der Waals surface area contributed by atoms with E-state index in [9.17, 15) is 18.7 Å². The number of halogens is 3. The van der Waals surface area contributed by atoms with Gasteiger partial charge in [0.05, 0.1) is 11.1 Å². The number of fused-ring (bicyclic) bond motifs is 1. The molecule has 0 aliphatic carbocycles. The van der Waals surface area contributed by atoms with Crippen LogP contribution in [0.15, 0.2) is 41.0 Å². The molecular formula is C14H8BrF2N3O3. The van der Waals surface area contributed by atoms with Crippen molar-refractivity contribution in [2.45, 2.75) is 6.61 Å². The number of aromatic nitrogens is 3. The maximum Gasteiger partial charge on any atom is 0.387 e. The number of rotatable bonds is 4. The Morgan fingerprint density at radius 3 is 2.83 bits per heavy atom. The maximum atomic E-state index is 12.4. The summed E-state index contributed by atoms with van der Waals surface area (Å²) in [5, 5.41) is 13.6. The van der Waals surface area contributed by atoms with Gasteiger partial charge in [-0.05, 0) is 24.3 Å². The van der Waals surface area contributed by atoms with Crippen molar-refractivity contribution in [2.75, 3.05) is 0 Å². The second kappa shape index (κ2) is 5.92. The van der Waals surface area contributed by atoms with Gasteiger partial charge in [-0.3, -0.25) is 0 Å². The van der Waals surface area contributed by atoms with Gasteiger partial charge >= 0.3 is 12.6 Å². The van der Waals surface area contributed by atoms with Crippen LogP contribution in [0.5, 0.6) is 5.75 Å². The average Bonchev–Trinajstić information content (AvgIpc) is 2.85. The quantitative estimate of drug-likeness (QED) is 0.746. The summed E-state index contributed by atoms with van der Waals surface area (Å²) in [6, 6.07) is 7.44. The minimum absolute atomic E-state index is 0.0826. The van der Waals surface area contributed by atoms with E-state index in [4.69, 9.17) is 0 Å². The van der Waals surface area contributed by atoms with Crippen LogP contribution in [-0.2, 0) is 0 Å². The number of carboxylic acids is 1. The van der Waals surface area contributed by atoms with Gasteiger partial charge in [0.2, 0.25) is 0 Å². The van der Waals surface area contributed by atoms with Crippen molar-refractivity contribution in [3.8, 4) is 11.4 Å². The first-order chi connectivity index (χ1) is 11.0. The Morgan fingerprint density at radius 1 is 1.35 bits per heavy atom. The van der Waals surface area contributed by atoms with Crippen LogP contribution in [0.2, 0.25) is 0 Å². The number of alkyl halides is 2. The maximum absolute atomic E-state index is 12.4. The van der Waals surface area contributed by atoms with Gasteiger partial charge in [0.25, 0.3) is 0 Å². The molecule has 0 radical (unpaired) electrons. The third-order valence-electron chi connectivity index (χ3n) is 2.97. The predicted octanol–water partition coefficient (Wildman–Crippen LogP) is 3.48. The molecule has 0 aliphatic rings. The smallest absolute Gasteiger partial charge is 0.387 e. The van der Waals surface area contributed by atoms with E-state index in [-0.39, 0.29) is 11.4 Å². The highest BCUT2D eigenvalue weighted by Gasteiger charge is 2.18. The molecule has 0 saturated carbocycles. The molecule has 3 aromatic rings. The van der Waals surface area contributed by atoms with E-state index in [1.54, 1.807) is 18.2 Å². The standard InChI is InChI=1S/C14H8BrF2N3O3/c15-7-4-8(6-9(5-7)23-14(16)17)20-12-10(2-1-3-18-12)11(19-20)13(21)22/h1-6,14H,(H,21,22). The molecule has 6 nitrogen and oxygen atoms in total.